The molecule has 0 radical (unpaired) electrons. The number of nitrogens with zero attached hydrogens (tertiary/aromatic N) is 3. The van der Waals surface area contributed by atoms with Crippen molar-refractivity contribution in [3.63, 3.8) is 0 Å². The number of hydrogen-bond donors (Lipinski definition) is 1. The highest BCUT2D eigenvalue weighted by molar-refractivity contribution is 7.07. The molecule has 0 aliphatic rings. The zero-order chi connectivity index (χ0) is 13.7. The summed E-state index contributed by atoms with van der Waals surface area (Å²) in [5, 5.41) is 9.42. The van der Waals surface area contributed by atoms with Crippen LogP contribution in [-0.2, 0) is 6.42 Å². The molecule has 0 saturated carbocycles. The van der Waals surface area contributed by atoms with Crippen molar-refractivity contribution < 1.29 is 4.52 Å². The van der Waals surface area contributed by atoms with E-state index in [1.165, 1.54) is 11.3 Å². The Kier molecular flexibility index (Phi) is 5.04. The summed E-state index contributed by atoms with van der Waals surface area (Å²) in [6.07, 6.45) is 1.88. The van der Waals surface area contributed by atoms with Gasteiger partial charge < -0.3 is 9.84 Å². The number of hydrogen-bond acceptors (Lipinski definition) is 6. The van der Waals surface area contributed by atoms with Gasteiger partial charge in [-0.3, -0.25) is 0 Å². The van der Waals surface area contributed by atoms with Gasteiger partial charge in [0.05, 0.1) is 5.51 Å². The normalized spacial score (nSPS) is 13.1. The molecule has 2 aromatic rings. The molecule has 0 spiro atoms. The summed E-state index contributed by atoms with van der Waals surface area (Å²) in [7, 11) is 0. The smallest absolute Gasteiger partial charge is 0.228 e. The quantitative estimate of drug-likeness (QED) is 0.845. The van der Waals surface area contributed by atoms with Crippen molar-refractivity contribution in [3.8, 4) is 11.5 Å². The molecule has 0 aliphatic carbocycles. The van der Waals surface area contributed by atoms with Crippen LogP contribution in [0.2, 0.25) is 0 Å². The second-order valence-electron chi connectivity index (χ2n) is 4.89. The number of aromatic nitrogens is 3. The van der Waals surface area contributed by atoms with Gasteiger partial charge in [0.2, 0.25) is 11.7 Å². The van der Waals surface area contributed by atoms with Gasteiger partial charge in [-0.15, -0.1) is 11.3 Å². The lowest BCUT2D eigenvalue weighted by molar-refractivity contribution is 0.326. The Morgan fingerprint density at radius 3 is 2.89 bits per heavy atom. The zero-order valence-electron chi connectivity index (χ0n) is 11.6. The standard InChI is InChI=1S/C13H20N4OS/c1-4-5-14-10(9(2)3)6-12-16-13(17-18-12)11-7-19-8-15-11/h7-10,14H,4-6H2,1-3H3. The molecule has 1 unspecified atom stereocenters. The van der Waals surface area contributed by atoms with Crippen LogP contribution >= 0.6 is 11.3 Å². The fraction of sp³-hybridized carbons (Fsp3) is 0.615. The summed E-state index contributed by atoms with van der Waals surface area (Å²) in [5.74, 6) is 1.78. The molecule has 104 valence electrons. The number of nitrogens with one attached hydrogen (secondary N) is 1. The van der Waals surface area contributed by atoms with E-state index in [9.17, 15) is 0 Å². The first kappa shape index (κ1) is 14.1. The van der Waals surface area contributed by atoms with Gasteiger partial charge in [0.25, 0.3) is 0 Å². The molecular formula is C13H20N4OS. The minimum Gasteiger partial charge on any atom is -0.339 e. The molecule has 2 aromatic heterocycles. The molecule has 0 fully saturated rings. The highest BCUT2D eigenvalue weighted by Crippen LogP contribution is 2.16. The van der Waals surface area contributed by atoms with Crippen LogP contribution in [0, 0.1) is 5.92 Å². The zero-order valence-corrected chi connectivity index (χ0v) is 12.4. The minimum atomic E-state index is 0.365. The van der Waals surface area contributed by atoms with Gasteiger partial charge in [-0.05, 0) is 18.9 Å². The van der Waals surface area contributed by atoms with Crippen LogP contribution in [0.5, 0.6) is 0 Å². The molecule has 0 saturated heterocycles. The molecule has 5 nitrogen and oxygen atoms in total. The van der Waals surface area contributed by atoms with Gasteiger partial charge in [0.15, 0.2) is 0 Å². The van der Waals surface area contributed by atoms with Gasteiger partial charge in [-0.1, -0.05) is 25.9 Å². The molecule has 6 heteroatoms. The van der Waals surface area contributed by atoms with Crippen molar-refractivity contribution in [3.05, 3.63) is 16.8 Å². The Morgan fingerprint density at radius 1 is 1.42 bits per heavy atom. The van der Waals surface area contributed by atoms with E-state index in [1.807, 2.05) is 5.38 Å². The molecule has 1 N–H and O–H groups in total. The van der Waals surface area contributed by atoms with E-state index in [-0.39, 0.29) is 0 Å². The van der Waals surface area contributed by atoms with Gasteiger partial charge in [-0.25, -0.2) is 4.98 Å². The van der Waals surface area contributed by atoms with E-state index in [1.54, 1.807) is 5.51 Å². The van der Waals surface area contributed by atoms with Gasteiger partial charge in [0.1, 0.15) is 5.69 Å². The van der Waals surface area contributed by atoms with Gasteiger partial charge in [-0.2, -0.15) is 4.98 Å². The van der Waals surface area contributed by atoms with Gasteiger partial charge in [0, 0.05) is 17.8 Å². The average molecular weight is 280 g/mol. The Bertz CT molecular complexity index is 481. The fourth-order valence-corrected chi connectivity index (χ4v) is 2.36. The Labute approximate surface area is 117 Å². The molecule has 2 heterocycles. The lowest BCUT2D eigenvalue weighted by Gasteiger charge is -2.20. The third-order valence-corrected chi connectivity index (χ3v) is 3.57. The second-order valence-corrected chi connectivity index (χ2v) is 5.61. The third kappa shape index (κ3) is 3.84. The van der Waals surface area contributed by atoms with Crippen LogP contribution in [-0.4, -0.2) is 27.7 Å². The Hall–Kier alpha value is -1.27. The Morgan fingerprint density at radius 2 is 2.26 bits per heavy atom. The van der Waals surface area contributed by atoms with E-state index >= 15 is 0 Å². The third-order valence-electron chi connectivity index (χ3n) is 2.99. The van der Waals surface area contributed by atoms with Crippen molar-refractivity contribution in [2.45, 2.75) is 39.7 Å². The lowest BCUT2D eigenvalue weighted by atomic mass is 10.0. The lowest BCUT2D eigenvalue weighted by Crippen LogP contribution is -2.36. The van der Waals surface area contributed by atoms with Crippen LogP contribution in [0.25, 0.3) is 11.5 Å². The van der Waals surface area contributed by atoms with Crippen LogP contribution in [0.15, 0.2) is 15.4 Å². The Balaban J connectivity index is 2.01. The molecule has 19 heavy (non-hydrogen) atoms. The maximum atomic E-state index is 5.31. The summed E-state index contributed by atoms with van der Waals surface area (Å²) in [6, 6.07) is 0.365. The van der Waals surface area contributed by atoms with Crippen LogP contribution in [0.4, 0.5) is 0 Å². The predicted octanol–water partition coefficient (Wildman–Crippen LogP) is 2.76. The van der Waals surface area contributed by atoms with Crippen LogP contribution in [0.3, 0.4) is 0 Å². The maximum absolute atomic E-state index is 5.31. The number of thiazole rings is 1. The summed E-state index contributed by atoms with van der Waals surface area (Å²) in [5.41, 5.74) is 2.55. The molecule has 0 aromatic carbocycles. The van der Waals surface area contributed by atoms with E-state index in [2.05, 4.69) is 41.2 Å². The second kappa shape index (κ2) is 6.77. The first-order valence-corrected chi connectivity index (χ1v) is 7.59. The summed E-state index contributed by atoms with van der Waals surface area (Å²) in [4.78, 5) is 8.59. The summed E-state index contributed by atoms with van der Waals surface area (Å²) < 4.78 is 5.31. The first-order chi connectivity index (χ1) is 9.20. The van der Waals surface area contributed by atoms with E-state index in [4.69, 9.17) is 4.52 Å². The van der Waals surface area contributed by atoms with Crippen molar-refractivity contribution in [1.29, 1.82) is 0 Å². The number of rotatable bonds is 7. The molecule has 2 rings (SSSR count). The van der Waals surface area contributed by atoms with Crippen molar-refractivity contribution in [1.82, 2.24) is 20.4 Å². The average Bonchev–Trinajstić information content (AvgIpc) is 3.04. The monoisotopic (exact) mass is 280 g/mol. The summed E-state index contributed by atoms with van der Waals surface area (Å²) in [6.45, 7) is 7.57. The van der Waals surface area contributed by atoms with E-state index in [0.29, 0.717) is 23.7 Å². The molecule has 0 amide bonds. The first-order valence-electron chi connectivity index (χ1n) is 6.65. The SMILES string of the molecule is CCCNC(Cc1nc(-c2cscn2)no1)C(C)C. The van der Waals surface area contributed by atoms with Crippen molar-refractivity contribution in [2.75, 3.05) is 6.54 Å². The van der Waals surface area contributed by atoms with E-state index < -0.39 is 0 Å². The van der Waals surface area contributed by atoms with Crippen LogP contribution < -0.4 is 5.32 Å². The van der Waals surface area contributed by atoms with Crippen molar-refractivity contribution in [2.24, 2.45) is 5.92 Å². The highest BCUT2D eigenvalue weighted by Gasteiger charge is 2.18. The molecule has 1 atom stereocenters. The summed E-state index contributed by atoms with van der Waals surface area (Å²) >= 11 is 1.53. The minimum absolute atomic E-state index is 0.365. The van der Waals surface area contributed by atoms with E-state index in [0.717, 1.165) is 25.1 Å². The molecule has 0 aliphatic heterocycles. The van der Waals surface area contributed by atoms with Crippen LogP contribution in [0.1, 0.15) is 33.1 Å². The highest BCUT2D eigenvalue weighted by atomic mass is 32.1. The topological polar surface area (TPSA) is 63.8 Å². The van der Waals surface area contributed by atoms with Gasteiger partial charge >= 0.3 is 0 Å². The fourth-order valence-electron chi connectivity index (χ4n) is 1.83. The predicted molar refractivity (Wildman–Crippen MR) is 76.0 cm³/mol. The van der Waals surface area contributed by atoms with Crippen molar-refractivity contribution >= 4 is 11.3 Å². The largest absolute Gasteiger partial charge is 0.339 e. The molecular weight excluding hydrogens is 260 g/mol. The maximum Gasteiger partial charge on any atom is 0.228 e. The molecule has 0 bridgehead atoms.